The molecule has 0 spiro atoms. The third kappa shape index (κ3) is 1.95. The molecule has 6 heteroatoms. The van der Waals surface area contributed by atoms with Crippen molar-refractivity contribution < 1.29 is 13.2 Å². The second kappa shape index (κ2) is 3.59. The van der Waals surface area contributed by atoms with Crippen LogP contribution in [0.1, 0.15) is 11.3 Å². The van der Waals surface area contributed by atoms with E-state index in [0.717, 1.165) is 5.56 Å². The highest BCUT2D eigenvalue weighted by molar-refractivity contribution is 6.28. The zero-order chi connectivity index (χ0) is 11.9. The van der Waals surface area contributed by atoms with E-state index in [4.69, 9.17) is 11.6 Å². The van der Waals surface area contributed by atoms with Gasteiger partial charge >= 0.3 is 6.18 Å². The van der Waals surface area contributed by atoms with Gasteiger partial charge in [0.15, 0.2) is 5.69 Å². The van der Waals surface area contributed by atoms with Gasteiger partial charge in [0.05, 0.1) is 5.52 Å². The maximum absolute atomic E-state index is 12.6. The van der Waals surface area contributed by atoms with Crippen LogP contribution in [-0.4, -0.2) is 9.97 Å². The molecule has 0 aliphatic rings. The van der Waals surface area contributed by atoms with Gasteiger partial charge in [-0.2, -0.15) is 13.2 Å². The van der Waals surface area contributed by atoms with Gasteiger partial charge in [0, 0.05) is 5.39 Å². The first-order chi connectivity index (χ1) is 7.38. The first-order valence-electron chi connectivity index (χ1n) is 4.39. The summed E-state index contributed by atoms with van der Waals surface area (Å²) in [6.07, 6.45) is -4.53. The normalized spacial score (nSPS) is 12.1. The van der Waals surface area contributed by atoms with Crippen molar-refractivity contribution in [3.63, 3.8) is 0 Å². The fraction of sp³-hybridized carbons (Fsp3) is 0.200. The third-order valence-corrected chi connectivity index (χ3v) is 2.26. The van der Waals surface area contributed by atoms with E-state index in [1.54, 1.807) is 13.0 Å². The molecule has 0 saturated heterocycles. The number of hydrogen-bond acceptors (Lipinski definition) is 2. The Labute approximate surface area is 94.1 Å². The molecule has 16 heavy (non-hydrogen) atoms. The molecule has 1 aromatic heterocycles. The first kappa shape index (κ1) is 11.1. The SMILES string of the molecule is Cc1ccc2c(C(F)(F)F)nc(Cl)nc2c1. The van der Waals surface area contributed by atoms with Crippen molar-refractivity contribution in [2.45, 2.75) is 13.1 Å². The predicted molar refractivity (Wildman–Crippen MR) is 54.3 cm³/mol. The Morgan fingerprint density at radius 1 is 1.19 bits per heavy atom. The van der Waals surface area contributed by atoms with Crippen LogP contribution in [0.25, 0.3) is 10.9 Å². The highest BCUT2D eigenvalue weighted by atomic mass is 35.5. The van der Waals surface area contributed by atoms with Crippen molar-refractivity contribution in [2.24, 2.45) is 0 Å². The average Bonchev–Trinajstić information content (AvgIpc) is 2.14. The zero-order valence-corrected chi connectivity index (χ0v) is 8.89. The molecule has 0 radical (unpaired) electrons. The number of aryl methyl sites for hydroxylation is 1. The lowest BCUT2D eigenvalue weighted by Gasteiger charge is -2.09. The third-order valence-electron chi connectivity index (χ3n) is 2.09. The Balaban J connectivity index is 2.83. The molecule has 0 unspecified atom stereocenters. The van der Waals surface area contributed by atoms with Crippen molar-refractivity contribution in [3.05, 3.63) is 34.7 Å². The minimum absolute atomic E-state index is 0.0394. The van der Waals surface area contributed by atoms with Gasteiger partial charge in [-0.1, -0.05) is 12.1 Å². The highest BCUT2D eigenvalue weighted by Gasteiger charge is 2.35. The summed E-state index contributed by atoms with van der Waals surface area (Å²) in [5.74, 6) is 0. The molecule has 0 bridgehead atoms. The van der Waals surface area contributed by atoms with E-state index < -0.39 is 17.2 Å². The maximum atomic E-state index is 12.6. The zero-order valence-electron chi connectivity index (χ0n) is 8.14. The molecule has 0 fully saturated rings. The number of alkyl halides is 3. The number of benzene rings is 1. The standard InChI is InChI=1S/C10H6ClF3N2/c1-5-2-3-6-7(4-5)15-9(11)16-8(6)10(12,13)14/h2-4H,1H3. The Kier molecular flexibility index (Phi) is 2.50. The van der Waals surface area contributed by atoms with E-state index in [9.17, 15) is 13.2 Å². The second-order valence-corrected chi connectivity index (χ2v) is 3.70. The van der Waals surface area contributed by atoms with Gasteiger partial charge in [0.2, 0.25) is 5.28 Å². The van der Waals surface area contributed by atoms with E-state index in [-0.39, 0.29) is 10.9 Å². The molecule has 2 nitrogen and oxygen atoms in total. The minimum atomic E-state index is -4.53. The lowest BCUT2D eigenvalue weighted by Crippen LogP contribution is -2.10. The van der Waals surface area contributed by atoms with Crippen LogP contribution in [0.5, 0.6) is 0 Å². The highest BCUT2D eigenvalue weighted by Crippen LogP contribution is 2.33. The van der Waals surface area contributed by atoms with E-state index in [1.165, 1.54) is 12.1 Å². The van der Waals surface area contributed by atoms with Gasteiger partial charge in [-0.15, -0.1) is 0 Å². The van der Waals surface area contributed by atoms with Gasteiger partial charge in [0.1, 0.15) is 0 Å². The molecular weight excluding hydrogens is 241 g/mol. The first-order valence-corrected chi connectivity index (χ1v) is 4.77. The Hall–Kier alpha value is -1.36. The van der Waals surface area contributed by atoms with Crippen LogP contribution >= 0.6 is 11.6 Å². The summed E-state index contributed by atoms with van der Waals surface area (Å²) in [6.45, 7) is 1.77. The number of halogens is 4. The van der Waals surface area contributed by atoms with Crippen molar-refractivity contribution >= 4 is 22.5 Å². The smallest absolute Gasteiger partial charge is 0.218 e. The van der Waals surface area contributed by atoms with Crippen LogP contribution in [0.4, 0.5) is 13.2 Å². The summed E-state index contributed by atoms with van der Waals surface area (Å²) >= 11 is 5.46. The number of nitrogens with zero attached hydrogens (tertiary/aromatic N) is 2. The summed E-state index contributed by atoms with van der Waals surface area (Å²) in [5, 5.41) is -0.437. The van der Waals surface area contributed by atoms with E-state index in [0.29, 0.717) is 0 Å². The van der Waals surface area contributed by atoms with Crippen molar-refractivity contribution in [2.75, 3.05) is 0 Å². The molecule has 2 rings (SSSR count). The monoisotopic (exact) mass is 246 g/mol. The van der Waals surface area contributed by atoms with Gasteiger partial charge in [-0.25, -0.2) is 9.97 Å². The van der Waals surface area contributed by atoms with E-state index >= 15 is 0 Å². The number of rotatable bonds is 0. The molecule has 0 aliphatic heterocycles. The summed E-state index contributed by atoms with van der Waals surface area (Å²) < 4.78 is 37.9. The average molecular weight is 247 g/mol. The lowest BCUT2D eigenvalue weighted by molar-refractivity contribution is -0.139. The molecule has 1 aromatic carbocycles. The maximum Gasteiger partial charge on any atom is 0.434 e. The summed E-state index contributed by atoms with van der Waals surface area (Å²) in [7, 11) is 0. The van der Waals surface area contributed by atoms with Crippen molar-refractivity contribution in [1.29, 1.82) is 0 Å². The second-order valence-electron chi connectivity index (χ2n) is 3.36. The predicted octanol–water partition coefficient (Wildman–Crippen LogP) is 3.61. The molecule has 1 heterocycles. The molecule has 0 atom stereocenters. The van der Waals surface area contributed by atoms with Crippen LogP contribution in [0.2, 0.25) is 5.28 Å². The van der Waals surface area contributed by atoms with Crippen molar-refractivity contribution in [3.8, 4) is 0 Å². The molecule has 0 saturated carbocycles. The minimum Gasteiger partial charge on any atom is -0.218 e. The Morgan fingerprint density at radius 3 is 2.50 bits per heavy atom. The van der Waals surface area contributed by atoms with Gasteiger partial charge in [-0.3, -0.25) is 0 Å². The van der Waals surface area contributed by atoms with Gasteiger partial charge in [-0.05, 0) is 30.2 Å². The fourth-order valence-electron chi connectivity index (χ4n) is 1.43. The quantitative estimate of drug-likeness (QED) is 0.664. The number of aromatic nitrogens is 2. The Morgan fingerprint density at radius 2 is 1.88 bits per heavy atom. The summed E-state index contributed by atoms with van der Waals surface area (Å²) in [6, 6.07) is 4.47. The summed E-state index contributed by atoms with van der Waals surface area (Å²) in [5.41, 5.74) is 0.0187. The van der Waals surface area contributed by atoms with Gasteiger partial charge in [0.25, 0.3) is 0 Å². The van der Waals surface area contributed by atoms with Crippen LogP contribution < -0.4 is 0 Å². The van der Waals surface area contributed by atoms with Crippen molar-refractivity contribution in [1.82, 2.24) is 9.97 Å². The fourth-order valence-corrected chi connectivity index (χ4v) is 1.60. The molecule has 84 valence electrons. The number of fused-ring (bicyclic) bond motifs is 1. The van der Waals surface area contributed by atoms with Crippen LogP contribution in [0, 0.1) is 6.92 Å². The summed E-state index contributed by atoms with van der Waals surface area (Å²) in [4.78, 5) is 7.00. The van der Waals surface area contributed by atoms with E-state index in [1.807, 2.05) is 0 Å². The molecule has 2 aromatic rings. The topological polar surface area (TPSA) is 25.8 Å². The van der Waals surface area contributed by atoms with Crippen LogP contribution in [-0.2, 0) is 6.18 Å². The molecule has 0 N–H and O–H groups in total. The van der Waals surface area contributed by atoms with Gasteiger partial charge < -0.3 is 0 Å². The number of hydrogen-bond donors (Lipinski definition) is 0. The van der Waals surface area contributed by atoms with Crippen LogP contribution in [0.15, 0.2) is 18.2 Å². The molecular formula is C10H6ClF3N2. The molecule has 0 aliphatic carbocycles. The Bertz CT molecular complexity index is 546. The largest absolute Gasteiger partial charge is 0.434 e. The van der Waals surface area contributed by atoms with Crippen LogP contribution in [0.3, 0.4) is 0 Å². The molecule has 0 amide bonds. The van der Waals surface area contributed by atoms with E-state index in [2.05, 4.69) is 9.97 Å². The lowest BCUT2D eigenvalue weighted by atomic mass is 10.1.